The molecule has 1 aromatic heterocycles. The minimum atomic E-state index is -0.254. The molecular formula is C21H19ClN4O2. The van der Waals surface area contributed by atoms with E-state index >= 15 is 0 Å². The van der Waals surface area contributed by atoms with Gasteiger partial charge in [0.05, 0.1) is 0 Å². The first-order valence-corrected chi connectivity index (χ1v) is 9.01. The Kier molecular flexibility index (Phi) is 6.24. The Balaban J connectivity index is 1.63. The maximum absolute atomic E-state index is 12.5. The highest BCUT2D eigenvalue weighted by atomic mass is 35.5. The second kappa shape index (κ2) is 9.01. The molecule has 0 unspecified atom stereocenters. The van der Waals surface area contributed by atoms with E-state index in [-0.39, 0.29) is 11.8 Å². The van der Waals surface area contributed by atoms with Gasteiger partial charge in [-0.1, -0.05) is 29.8 Å². The molecule has 0 aliphatic heterocycles. The molecule has 6 nitrogen and oxygen atoms in total. The van der Waals surface area contributed by atoms with Gasteiger partial charge in [0.15, 0.2) is 0 Å². The van der Waals surface area contributed by atoms with E-state index in [1.807, 2.05) is 24.3 Å². The molecule has 0 aliphatic rings. The number of carbonyl (C=O) groups excluding carboxylic acids is 2. The van der Waals surface area contributed by atoms with Crippen molar-refractivity contribution in [1.82, 2.24) is 4.98 Å². The molecular weight excluding hydrogens is 376 g/mol. The first kappa shape index (κ1) is 19.4. The molecule has 3 aromatic rings. The zero-order valence-electron chi connectivity index (χ0n) is 15.2. The maximum atomic E-state index is 12.5. The summed E-state index contributed by atoms with van der Waals surface area (Å²) in [7, 11) is 0. The van der Waals surface area contributed by atoms with Gasteiger partial charge in [0.1, 0.15) is 5.82 Å². The van der Waals surface area contributed by atoms with Crippen molar-refractivity contribution in [1.29, 1.82) is 0 Å². The van der Waals surface area contributed by atoms with Gasteiger partial charge in [-0.2, -0.15) is 0 Å². The average molecular weight is 395 g/mol. The number of anilines is 3. The summed E-state index contributed by atoms with van der Waals surface area (Å²) in [4.78, 5) is 27.8. The molecule has 2 amide bonds. The molecule has 0 bridgehead atoms. The van der Waals surface area contributed by atoms with Crippen LogP contribution in [0.4, 0.5) is 17.2 Å². The number of nitrogens with one attached hydrogen (secondary N) is 3. The quantitative estimate of drug-likeness (QED) is 0.572. The molecule has 28 heavy (non-hydrogen) atoms. The van der Waals surface area contributed by atoms with Crippen LogP contribution in [0.25, 0.3) is 0 Å². The zero-order chi connectivity index (χ0) is 19.9. The van der Waals surface area contributed by atoms with Crippen LogP contribution in [0.15, 0.2) is 66.9 Å². The molecule has 0 spiro atoms. The smallest absolute Gasteiger partial charge is 0.255 e. The third kappa shape index (κ3) is 5.31. The molecule has 2 aromatic carbocycles. The molecule has 0 radical (unpaired) electrons. The van der Waals surface area contributed by atoms with Gasteiger partial charge in [-0.25, -0.2) is 4.98 Å². The molecule has 3 N–H and O–H groups in total. The van der Waals surface area contributed by atoms with E-state index in [0.717, 1.165) is 5.56 Å². The van der Waals surface area contributed by atoms with Crippen LogP contribution in [0.3, 0.4) is 0 Å². The Hall–Kier alpha value is -3.38. The molecule has 0 atom stereocenters. The number of halogens is 1. The number of aromatic nitrogens is 1. The number of rotatable bonds is 6. The number of carbonyl (C=O) groups is 2. The number of hydrogen-bond acceptors (Lipinski definition) is 4. The Morgan fingerprint density at radius 2 is 1.64 bits per heavy atom. The summed E-state index contributed by atoms with van der Waals surface area (Å²) in [6.45, 7) is 1.94. The third-order valence-corrected chi connectivity index (χ3v) is 4.27. The second-order valence-corrected chi connectivity index (χ2v) is 6.49. The summed E-state index contributed by atoms with van der Waals surface area (Å²) in [6.07, 6.45) is 1.57. The Morgan fingerprint density at radius 3 is 2.32 bits per heavy atom. The summed E-state index contributed by atoms with van der Waals surface area (Å²) in [5, 5.41) is 9.34. The van der Waals surface area contributed by atoms with E-state index in [1.165, 1.54) is 6.92 Å². The largest absolute Gasteiger partial charge is 0.366 e. The lowest BCUT2D eigenvalue weighted by atomic mass is 10.2. The summed E-state index contributed by atoms with van der Waals surface area (Å²) < 4.78 is 0. The van der Waals surface area contributed by atoms with E-state index in [1.54, 1.807) is 42.6 Å². The van der Waals surface area contributed by atoms with E-state index in [2.05, 4.69) is 20.9 Å². The number of benzene rings is 2. The van der Waals surface area contributed by atoms with E-state index in [0.29, 0.717) is 34.3 Å². The maximum Gasteiger partial charge on any atom is 0.255 e. The van der Waals surface area contributed by atoms with Crippen LogP contribution in [0, 0.1) is 0 Å². The van der Waals surface area contributed by atoms with Crippen LogP contribution >= 0.6 is 11.6 Å². The standard InChI is InChI=1S/C21H19ClN4O2/c1-14(27)25-17-6-8-18(9-7-17)26-21(28)15-10-11-23-20(12-15)24-13-16-4-2-3-5-19(16)22/h2-12H,13H2,1H3,(H,23,24)(H,25,27)(H,26,28). The minimum Gasteiger partial charge on any atom is -0.366 e. The fraction of sp³-hybridized carbons (Fsp3) is 0.0952. The summed E-state index contributed by atoms with van der Waals surface area (Å²) in [5.41, 5.74) is 2.71. The van der Waals surface area contributed by atoms with Crippen molar-refractivity contribution in [2.45, 2.75) is 13.5 Å². The van der Waals surface area contributed by atoms with Crippen molar-refractivity contribution in [3.8, 4) is 0 Å². The van der Waals surface area contributed by atoms with Gasteiger partial charge in [0.2, 0.25) is 5.91 Å². The molecule has 0 fully saturated rings. The summed E-state index contributed by atoms with van der Waals surface area (Å²) in [5.74, 6) is 0.175. The highest BCUT2D eigenvalue weighted by molar-refractivity contribution is 6.31. The van der Waals surface area contributed by atoms with Gasteiger partial charge in [-0.15, -0.1) is 0 Å². The van der Waals surface area contributed by atoms with E-state index in [4.69, 9.17) is 11.6 Å². The van der Waals surface area contributed by atoms with E-state index in [9.17, 15) is 9.59 Å². The van der Waals surface area contributed by atoms with Crippen molar-refractivity contribution in [3.05, 3.63) is 83.0 Å². The normalized spacial score (nSPS) is 10.2. The lowest BCUT2D eigenvalue weighted by Crippen LogP contribution is -2.13. The van der Waals surface area contributed by atoms with Crippen LogP contribution in [0.2, 0.25) is 5.02 Å². The van der Waals surface area contributed by atoms with Crippen LogP contribution < -0.4 is 16.0 Å². The zero-order valence-corrected chi connectivity index (χ0v) is 16.0. The molecule has 0 saturated carbocycles. The van der Waals surface area contributed by atoms with Crippen LogP contribution in [-0.4, -0.2) is 16.8 Å². The van der Waals surface area contributed by atoms with Crippen LogP contribution in [0.5, 0.6) is 0 Å². The fourth-order valence-electron chi connectivity index (χ4n) is 2.54. The number of nitrogens with zero attached hydrogens (tertiary/aromatic N) is 1. The SMILES string of the molecule is CC(=O)Nc1ccc(NC(=O)c2ccnc(NCc3ccccc3Cl)c2)cc1. The Bertz CT molecular complexity index is 990. The molecule has 142 valence electrons. The first-order chi connectivity index (χ1) is 13.5. The van der Waals surface area contributed by atoms with Crippen LogP contribution in [0.1, 0.15) is 22.8 Å². The summed E-state index contributed by atoms with van der Waals surface area (Å²) >= 11 is 6.15. The van der Waals surface area contributed by atoms with Crippen molar-refractivity contribution in [2.24, 2.45) is 0 Å². The van der Waals surface area contributed by atoms with Crippen molar-refractivity contribution < 1.29 is 9.59 Å². The van der Waals surface area contributed by atoms with Gasteiger partial charge in [-0.3, -0.25) is 9.59 Å². The van der Waals surface area contributed by atoms with Gasteiger partial charge in [0, 0.05) is 41.6 Å². The fourth-order valence-corrected chi connectivity index (χ4v) is 2.74. The van der Waals surface area contributed by atoms with Crippen molar-refractivity contribution in [3.63, 3.8) is 0 Å². The molecule has 0 saturated heterocycles. The predicted octanol–water partition coefficient (Wildman–Crippen LogP) is 4.56. The Morgan fingerprint density at radius 1 is 0.964 bits per heavy atom. The Labute approximate surface area is 168 Å². The lowest BCUT2D eigenvalue weighted by molar-refractivity contribution is -0.114. The number of pyridine rings is 1. The predicted molar refractivity (Wildman–Crippen MR) is 112 cm³/mol. The highest BCUT2D eigenvalue weighted by Gasteiger charge is 2.08. The molecule has 1 heterocycles. The molecule has 7 heteroatoms. The topological polar surface area (TPSA) is 83.1 Å². The van der Waals surface area contributed by atoms with Crippen molar-refractivity contribution >= 4 is 40.6 Å². The second-order valence-electron chi connectivity index (χ2n) is 6.09. The highest BCUT2D eigenvalue weighted by Crippen LogP contribution is 2.18. The van der Waals surface area contributed by atoms with Crippen molar-refractivity contribution in [2.75, 3.05) is 16.0 Å². The van der Waals surface area contributed by atoms with Gasteiger partial charge >= 0.3 is 0 Å². The van der Waals surface area contributed by atoms with E-state index < -0.39 is 0 Å². The monoisotopic (exact) mass is 394 g/mol. The number of amides is 2. The third-order valence-electron chi connectivity index (χ3n) is 3.90. The van der Waals surface area contributed by atoms with Crippen LogP contribution in [-0.2, 0) is 11.3 Å². The summed E-state index contributed by atoms with van der Waals surface area (Å²) in [6, 6.07) is 17.8. The minimum absolute atomic E-state index is 0.148. The number of hydrogen-bond donors (Lipinski definition) is 3. The molecule has 0 aliphatic carbocycles. The van der Waals surface area contributed by atoms with Gasteiger partial charge < -0.3 is 16.0 Å². The average Bonchev–Trinajstić information content (AvgIpc) is 2.69. The van der Waals surface area contributed by atoms with Gasteiger partial charge in [0.25, 0.3) is 5.91 Å². The molecule has 3 rings (SSSR count). The first-order valence-electron chi connectivity index (χ1n) is 8.63. The lowest BCUT2D eigenvalue weighted by Gasteiger charge is -2.10. The van der Waals surface area contributed by atoms with Gasteiger partial charge in [-0.05, 0) is 48.0 Å².